The highest BCUT2D eigenvalue weighted by Gasteiger charge is 2.54. The van der Waals surface area contributed by atoms with Crippen LogP contribution in [0.3, 0.4) is 0 Å². The number of hydrogen-bond donors (Lipinski definition) is 4. The third kappa shape index (κ3) is 7.68. The summed E-state index contributed by atoms with van der Waals surface area (Å²) in [5.41, 5.74) is 0. The second-order valence-electron chi connectivity index (χ2n) is 15.2. The van der Waals surface area contributed by atoms with Gasteiger partial charge in [-0.05, 0) is 75.0 Å². The number of aliphatic carboxylic acids is 2. The van der Waals surface area contributed by atoms with E-state index in [0.29, 0.717) is 38.5 Å². The zero-order valence-corrected chi connectivity index (χ0v) is 28.6. The van der Waals surface area contributed by atoms with Gasteiger partial charge in [0.25, 0.3) is 11.7 Å². The van der Waals surface area contributed by atoms with Crippen LogP contribution in [0.2, 0.25) is 0 Å². The predicted octanol–water partition coefficient (Wildman–Crippen LogP) is 2.65. The number of piperidine rings is 1. The van der Waals surface area contributed by atoms with E-state index in [9.17, 15) is 44.4 Å². The molecule has 4 heterocycles. The van der Waals surface area contributed by atoms with Crippen molar-refractivity contribution in [2.24, 2.45) is 35.5 Å². The first-order valence-electron chi connectivity index (χ1n) is 17.3. The fraction of sp³-hybridized carbons (Fsp3) is 0.853. The van der Waals surface area contributed by atoms with Crippen molar-refractivity contribution >= 4 is 29.5 Å². The third-order valence-electron chi connectivity index (χ3n) is 11.3. The molecule has 4 aliphatic rings. The minimum absolute atomic E-state index is 0.0939. The SMILES string of the molecule is CC(C)C1O[C@@](O)(CC(=O)N2CCC(CC(C)C3CC[C@@H](C)[C@](O)(C(=O)C(=O)N4CCC[C@H]4C(=O)O)O3)C[C@H]2C(=O)O)[C@H](C)CC1C. The van der Waals surface area contributed by atoms with Crippen LogP contribution in [-0.4, -0.2) is 109 Å². The number of carbonyl (C=O) groups is 5. The molecule has 4 N–H and O–H groups in total. The number of ether oxygens (including phenoxy) is 2. The molecule has 0 bridgehead atoms. The van der Waals surface area contributed by atoms with Crippen LogP contribution in [0.15, 0.2) is 0 Å². The number of carboxylic acid groups (broad SMARTS) is 2. The molecule has 0 saturated carbocycles. The van der Waals surface area contributed by atoms with Gasteiger partial charge in [-0.2, -0.15) is 0 Å². The molecule has 0 aromatic carbocycles. The summed E-state index contributed by atoms with van der Waals surface area (Å²) in [5, 5.41) is 42.4. The molecule has 4 aliphatic heterocycles. The molecule has 0 radical (unpaired) electrons. The predicted molar refractivity (Wildman–Crippen MR) is 167 cm³/mol. The van der Waals surface area contributed by atoms with Crippen LogP contribution < -0.4 is 0 Å². The lowest BCUT2D eigenvalue weighted by Gasteiger charge is -2.47. The van der Waals surface area contributed by atoms with Gasteiger partial charge in [0.2, 0.25) is 11.7 Å². The summed E-state index contributed by atoms with van der Waals surface area (Å²) in [7, 11) is 0. The van der Waals surface area contributed by atoms with Gasteiger partial charge in [-0.15, -0.1) is 0 Å². The third-order valence-corrected chi connectivity index (χ3v) is 11.3. The van der Waals surface area contributed by atoms with Gasteiger partial charge in [-0.1, -0.05) is 41.5 Å². The van der Waals surface area contributed by atoms with Gasteiger partial charge in [0.15, 0.2) is 5.79 Å². The summed E-state index contributed by atoms with van der Waals surface area (Å²) >= 11 is 0. The summed E-state index contributed by atoms with van der Waals surface area (Å²) in [4.78, 5) is 66.3. The molecule has 11 atom stereocenters. The van der Waals surface area contributed by atoms with Crippen molar-refractivity contribution in [2.45, 2.75) is 135 Å². The Hall–Kier alpha value is -2.61. The second-order valence-corrected chi connectivity index (χ2v) is 15.2. The van der Waals surface area contributed by atoms with Crippen molar-refractivity contribution in [2.75, 3.05) is 13.1 Å². The van der Waals surface area contributed by atoms with E-state index < -0.39 is 65.2 Å². The Morgan fingerprint density at radius 1 is 0.809 bits per heavy atom. The molecule has 4 rings (SSSR count). The van der Waals surface area contributed by atoms with E-state index in [1.807, 2.05) is 27.7 Å². The van der Waals surface area contributed by atoms with E-state index in [4.69, 9.17) is 9.47 Å². The van der Waals surface area contributed by atoms with Crippen molar-refractivity contribution in [3.8, 4) is 0 Å². The highest BCUT2D eigenvalue weighted by Crippen LogP contribution is 2.42. The van der Waals surface area contributed by atoms with Crippen molar-refractivity contribution in [1.82, 2.24) is 9.80 Å². The smallest absolute Gasteiger partial charge is 0.326 e. The van der Waals surface area contributed by atoms with Crippen molar-refractivity contribution in [1.29, 1.82) is 0 Å². The fourth-order valence-corrected chi connectivity index (χ4v) is 8.38. The monoisotopic (exact) mass is 666 g/mol. The summed E-state index contributed by atoms with van der Waals surface area (Å²) in [6.45, 7) is 11.7. The van der Waals surface area contributed by atoms with E-state index in [1.165, 1.54) is 4.90 Å². The van der Waals surface area contributed by atoms with Crippen LogP contribution >= 0.6 is 0 Å². The molecule has 47 heavy (non-hydrogen) atoms. The molecule has 2 amide bonds. The van der Waals surface area contributed by atoms with E-state index in [2.05, 4.69) is 6.92 Å². The van der Waals surface area contributed by atoms with Crippen molar-refractivity contribution in [3.63, 3.8) is 0 Å². The largest absolute Gasteiger partial charge is 0.480 e. The van der Waals surface area contributed by atoms with Gasteiger partial charge < -0.3 is 39.7 Å². The average molecular weight is 667 g/mol. The molecule has 4 saturated heterocycles. The van der Waals surface area contributed by atoms with Gasteiger partial charge in [0.1, 0.15) is 12.1 Å². The van der Waals surface area contributed by atoms with Crippen LogP contribution in [-0.2, 0) is 33.4 Å². The Morgan fingerprint density at radius 3 is 2.09 bits per heavy atom. The lowest BCUT2D eigenvalue weighted by Crippen LogP contribution is -2.59. The van der Waals surface area contributed by atoms with Crippen molar-refractivity contribution in [3.05, 3.63) is 0 Å². The number of aliphatic hydroxyl groups is 2. The maximum atomic E-state index is 13.5. The Morgan fingerprint density at radius 2 is 1.47 bits per heavy atom. The topological polar surface area (TPSA) is 191 Å². The standard InChI is InChI=1S/C34H54N2O11/c1-18(2)28-20(4)14-22(6)33(44,47-28)17-27(37)35-13-11-23(16-25(35)32(42)43)15-19(3)26-10-9-21(5)34(45,46-26)29(38)30(39)36-12-7-8-24(36)31(40)41/h18-26,28,44-45H,7-17H2,1-6H3,(H,40,41)(H,42,43)/t19?,20?,21-,22-,23?,24+,25+,26?,28?,33+,34-/m1/s1. The van der Waals surface area contributed by atoms with Crippen LogP contribution in [0.5, 0.6) is 0 Å². The second kappa shape index (κ2) is 14.5. The lowest BCUT2D eigenvalue weighted by molar-refractivity contribution is -0.300. The number of hydrogen-bond acceptors (Lipinski definition) is 9. The van der Waals surface area contributed by atoms with Gasteiger partial charge in [-0.3, -0.25) is 14.4 Å². The number of Topliss-reactive ketones (excluding diaryl/α,β-unsaturated/α-hetero) is 1. The first-order valence-corrected chi connectivity index (χ1v) is 17.3. The molecule has 13 nitrogen and oxygen atoms in total. The minimum Gasteiger partial charge on any atom is -0.480 e. The first kappa shape index (κ1) is 37.2. The van der Waals surface area contributed by atoms with Crippen molar-refractivity contribution < 1.29 is 53.9 Å². The maximum Gasteiger partial charge on any atom is 0.326 e. The fourth-order valence-electron chi connectivity index (χ4n) is 8.38. The summed E-state index contributed by atoms with van der Waals surface area (Å²) in [5.74, 6) is -10.0. The van der Waals surface area contributed by atoms with Crippen LogP contribution in [0.4, 0.5) is 0 Å². The maximum absolute atomic E-state index is 13.5. The molecule has 0 aromatic rings. The van der Waals surface area contributed by atoms with Crippen LogP contribution in [0, 0.1) is 35.5 Å². The van der Waals surface area contributed by atoms with Gasteiger partial charge >= 0.3 is 11.9 Å². The molecule has 4 fully saturated rings. The van der Waals surface area contributed by atoms with Crippen LogP contribution in [0.1, 0.15) is 99.3 Å². The number of likely N-dealkylation sites (tertiary alicyclic amines) is 2. The van der Waals surface area contributed by atoms with Gasteiger partial charge in [0.05, 0.1) is 18.6 Å². The molecular weight excluding hydrogens is 612 g/mol. The number of rotatable bonds is 10. The van der Waals surface area contributed by atoms with Gasteiger partial charge in [-0.25, -0.2) is 9.59 Å². The molecular formula is C34H54N2O11. The van der Waals surface area contributed by atoms with Gasteiger partial charge in [0, 0.05) is 24.9 Å². The zero-order valence-electron chi connectivity index (χ0n) is 28.6. The average Bonchev–Trinajstić information content (AvgIpc) is 3.50. The minimum atomic E-state index is -2.40. The van der Waals surface area contributed by atoms with E-state index in [-0.39, 0.29) is 68.0 Å². The number of carboxylic acids is 2. The molecule has 5 unspecified atom stereocenters. The number of carbonyl (C=O) groups excluding carboxylic acids is 3. The summed E-state index contributed by atoms with van der Waals surface area (Å²) in [6.07, 6.45) is 2.37. The van der Waals surface area contributed by atoms with Crippen LogP contribution in [0.25, 0.3) is 0 Å². The zero-order chi connectivity index (χ0) is 35.0. The number of ketones is 1. The Labute approximate surface area is 276 Å². The molecule has 0 aliphatic carbocycles. The Balaban J connectivity index is 1.38. The summed E-state index contributed by atoms with van der Waals surface area (Å²) in [6, 6.07) is -2.20. The Kier molecular flexibility index (Phi) is 11.5. The molecule has 13 heteroatoms. The lowest BCUT2D eigenvalue weighted by atomic mass is 9.78. The van der Waals surface area contributed by atoms with E-state index in [0.717, 1.165) is 4.90 Å². The normalized spacial score (nSPS) is 38.7. The number of nitrogens with zero attached hydrogens (tertiary/aromatic N) is 2. The highest BCUT2D eigenvalue weighted by molar-refractivity contribution is 6.39. The van der Waals surface area contributed by atoms with E-state index >= 15 is 0 Å². The Bertz CT molecular complexity index is 1210. The summed E-state index contributed by atoms with van der Waals surface area (Å²) < 4.78 is 12.1. The highest BCUT2D eigenvalue weighted by atomic mass is 16.6. The molecule has 0 spiro atoms. The molecule has 266 valence electrons. The van der Waals surface area contributed by atoms with E-state index in [1.54, 1.807) is 6.92 Å². The number of amides is 2. The first-order chi connectivity index (χ1) is 21.9. The molecule has 0 aromatic heterocycles. The quantitative estimate of drug-likeness (QED) is 0.251.